The molecule has 0 spiro atoms. The van der Waals surface area contributed by atoms with Crippen molar-refractivity contribution in [2.45, 2.75) is 0 Å². The van der Waals surface area contributed by atoms with Crippen LogP contribution in [0.2, 0.25) is 0 Å². The lowest BCUT2D eigenvalue weighted by Crippen LogP contribution is -2.09. The van der Waals surface area contributed by atoms with E-state index in [1.165, 1.54) is 6.33 Å². The molecule has 2 N–H and O–H groups in total. The van der Waals surface area contributed by atoms with Gasteiger partial charge < -0.3 is 10.1 Å². The van der Waals surface area contributed by atoms with Crippen LogP contribution in [0.3, 0.4) is 0 Å². The quantitative estimate of drug-likeness (QED) is 0.567. The standard InChI is InChI=1S/C10H7N3O2/c14-7-1-2-8-6(3-7)4-9-10(15)11-5-12-13(8)9/h1-5,14H,(H,11,12,15). The van der Waals surface area contributed by atoms with Gasteiger partial charge >= 0.3 is 0 Å². The van der Waals surface area contributed by atoms with Crippen LogP contribution < -0.4 is 5.56 Å². The molecule has 5 heteroatoms. The zero-order valence-electron chi connectivity index (χ0n) is 7.64. The lowest BCUT2D eigenvalue weighted by atomic mass is 10.2. The molecule has 0 saturated heterocycles. The predicted molar refractivity (Wildman–Crippen MR) is 55.0 cm³/mol. The Bertz CT molecular complexity index is 711. The Hall–Kier alpha value is -2.30. The molecule has 0 radical (unpaired) electrons. The number of nitrogens with zero attached hydrogens (tertiary/aromatic N) is 2. The van der Waals surface area contributed by atoms with Crippen LogP contribution in [0.5, 0.6) is 5.75 Å². The number of nitrogens with one attached hydrogen (secondary N) is 1. The molecule has 0 unspecified atom stereocenters. The maximum atomic E-state index is 11.5. The van der Waals surface area contributed by atoms with E-state index in [-0.39, 0.29) is 11.3 Å². The molecule has 0 amide bonds. The summed E-state index contributed by atoms with van der Waals surface area (Å²) in [5.41, 5.74) is 1.08. The number of aromatic hydroxyl groups is 1. The normalized spacial score (nSPS) is 11.2. The Labute approximate surface area is 83.6 Å². The molecule has 15 heavy (non-hydrogen) atoms. The first-order chi connectivity index (χ1) is 7.25. The van der Waals surface area contributed by atoms with Crippen LogP contribution in [-0.2, 0) is 0 Å². The van der Waals surface area contributed by atoms with Crippen molar-refractivity contribution in [3.63, 3.8) is 0 Å². The summed E-state index contributed by atoms with van der Waals surface area (Å²) in [4.78, 5) is 14.0. The molecule has 0 aliphatic heterocycles. The molecule has 2 aromatic heterocycles. The summed E-state index contributed by atoms with van der Waals surface area (Å²) in [5, 5.41) is 14.1. The van der Waals surface area contributed by atoms with Crippen molar-refractivity contribution in [3.05, 3.63) is 40.9 Å². The van der Waals surface area contributed by atoms with E-state index in [4.69, 9.17) is 0 Å². The lowest BCUT2D eigenvalue weighted by molar-refractivity contribution is 0.476. The second kappa shape index (κ2) is 2.60. The molecule has 5 nitrogen and oxygen atoms in total. The summed E-state index contributed by atoms with van der Waals surface area (Å²) in [6.45, 7) is 0. The number of benzene rings is 1. The van der Waals surface area contributed by atoms with Crippen molar-refractivity contribution in [1.29, 1.82) is 0 Å². The van der Waals surface area contributed by atoms with E-state index in [1.54, 1.807) is 28.8 Å². The number of aromatic nitrogens is 3. The summed E-state index contributed by atoms with van der Waals surface area (Å²) in [6, 6.07) is 6.59. The van der Waals surface area contributed by atoms with Crippen LogP contribution in [0, 0.1) is 0 Å². The highest BCUT2D eigenvalue weighted by Gasteiger charge is 2.06. The maximum absolute atomic E-state index is 11.5. The molecule has 0 aliphatic carbocycles. The predicted octanol–water partition coefficient (Wildman–Crippen LogP) is 0.881. The van der Waals surface area contributed by atoms with Gasteiger partial charge in [-0.3, -0.25) is 4.79 Å². The highest BCUT2D eigenvalue weighted by Crippen LogP contribution is 2.21. The largest absolute Gasteiger partial charge is 0.508 e. The smallest absolute Gasteiger partial charge is 0.275 e. The Kier molecular flexibility index (Phi) is 1.39. The number of aromatic amines is 1. The summed E-state index contributed by atoms with van der Waals surface area (Å²) in [5.74, 6) is 0.176. The summed E-state index contributed by atoms with van der Waals surface area (Å²) >= 11 is 0. The second-order valence-electron chi connectivity index (χ2n) is 3.30. The molecule has 2 heterocycles. The SMILES string of the molecule is O=c1[nH]cnn2c1cc1cc(O)ccc12. The van der Waals surface area contributed by atoms with Gasteiger partial charge in [-0.15, -0.1) is 0 Å². The van der Waals surface area contributed by atoms with Gasteiger partial charge in [0.1, 0.15) is 17.6 Å². The van der Waals surface area contributed by atoms with Crippen LogP contribution in [0.15, 0.2) is 35.4 Å². The fourth-order valence-corrected chi connectivity index (χ4v) is 1.69. The van der Waals surface area contributed by atoms with Gasteiger partial charge in [0.25, 0.3) is 5.56 Å². The molecule has 0 bridgehead atoms. The first-order valence-electron chi connectivity index (χ1n) is 4.44. The number of hydrogen-bond acceptors (Lipinski definition) is 3. The fourth-order valence-electron chi connectivity index (χ4n) is 1.69. The van der Waals surface area contributed by atoms with Gasteiger partial charge in [0, 0.05) is 5.39 Å². The van der Waals surface area contributed by atoms with Crippen molar-refractivity contribution in [3.8, 4) is 5.75 Å². The third-order valence-electron chi connectivity index (χ3n) is 2.36. The highest BCUT2D eigenvalue weighted by molar-refractivity contribution is 5.87. The van der Waals surface area contributed by atoms with Gasteiger partial charge in [-0.1, -0.05) is 0 Å². The van der Waals surface area contributed by atoms with E-state index in [1.807, 2.05) is 0 Å². The number of rotatable bonds is 0. The minimum atomic E-state index is -0.194. The molecule has 3 aromatic rings. The number of H-pyrrole nitrogens is 1. The zero-order valence-corrected chi connectivity index (χ0v) is 7.64. The maximum Gasteiger partial charge on any atom is 0.275 e. The number of hydrogen-bond donors (Lipinski definition) is 2. The van der Waals surface area contributed by atoms with E-state index < -0.39 is 0 Å². The van der Waals surface area contributed by atoms with Crippen molar-refractivity contribution < 1.29 is 5.11 Å². The number of phenols is 1. The van der Waals surface area contributed by atoms with Gasteiger partial charge in [-0.05, 0) is 24.3 Å². The third kappa shape index (κ3) is 1.03. The molecule has 3 rings (SSSR count). The molecular weight excluding hydrogens is 194 g/mol. The summed E-state index contributed by atoms with van der Waals surface area (Å²) in [7, 11) is 0. The zero-order chi connectivity index (χ0) is 10.4. The monoisotopic (exact) mass is 201 g/mol. The van der Waals surface area contributed by atoms with E-state index in [0.29, 0.717) is 5.52 Å². The Morgan fingerprint density at radius 2 is 2.13 bits per heavy atom. The Balaban J connectivity index is 2.63. The topological polar surface area (TPSA) is 70.4 Å². The van der Waals surface area contributed by atoms with Crippen LogP contribution in [0.4, 0.5) is 0 Å². The first kappa shape index (κ1) is 8.05. The molecule has 74 valence electrons. The van der Waals surface area contributed by atoms with Gasteiger partial charge in [0.05, 0.1) is 5.52 Å². The van der Waals surface area contributed by atoms with Crippen LogP contribution in [-0.4, -0.2) is 19.7 Å². The van der Waals surface area contributed by atoms with E-state index in [9.17, 15) is 9.90 Å². The highest BCUT2D eigenvalue weighted by atomic mass is 16.3. The average Bonchev–Trinajstić information content (AvgIpc) is 2.57. The van der Waals surface area contributed by atoms with Crippen molar-refractivity contribution >= 4 is 16.4 Å². The van der Waals surface area contributed by atoms with Gasteiger partial charge in [-0.25, -0.2) is 4.52 Å². The summed E-state index contributed by atoms with van der Waals surface area (Å²) in [6.07, 6.45) is 1.35. The molecule has 0 saturated carbocycles. The fraction of sp³-hybridized carbons (Fsp3) is 0. The molecule has 0 atom stereocenters. The van der Waals surface area contributed by atoms with Gasteiger partial charge in [0.2, 0.25) is 0 Å². The van der Waals surface area contributed by atoms with E-state index in [2.05, 4.69) is 10.1 Å². The summed E-state index contributed by atoms with van der Waals surface area (Å²) < 4.78 is 1.55. The average molecular weight is 201 g/mol. The number of fused-ring (bicyclic) bond motifs is 3. The first-order valence-corrected chi connectivity index (χ1v) is 4.44. The van der Waals surface area contributed by atoms with Crippen LogP contribution >= 0.6 is 0 Å². The van der Waals surface area contributed by atoms with Crippen molar-refractivity contribution in [1.82, 2.24) is 14.6 Å². The minimum absolute atomic E-state index is 0.176. The molecular formula is C10H7N3O2. The van der Waals surface area contributed by atoms with Gasteiger partial charge in [-0.2, -0.15) is 5.10 Å². The van der Waals surface area contributed by atoms with E-state index >= 15 is 0 Å². The van der Waals surface area contributed by atoms with Crippen LogP contribution in [0.1, 0.15) is 0 Å². The number of phenolic OH excluding ortho intramolecular Hbond substituents is 1. The Morgan fingerprint density at radius 1 is 1.27 bits per heavy atom. The molecule has 0 fully saturated rings. The van der Waals surface area contributed by atoms with Crippen LogP contribution in [0.25, 0.3) is 16.4 Å². The van der Waals surface area contributed by atoms with Crippen molar-refractivity contribution in [2.75, 3.05) is 0 Å². The minimum Gasteiger partial charge on any atom is -0.508 e. The van der Waals surface area contributed by atoms with Crippen molar-refractivity contribution in [2.24, 2.45) is 0 Å². The Morgan fingerprint density at radius 3 is 3.00 bits per heavy atom. The molecule has 0 aliphatic rings. The molecule has 1 aromatic carbocycles. The third-order valence-corrected chi connectivity index (χ3v) is 2.36. The lowest BCUT2D eigenvalue weighted by Gasteiger charge is -1.94. The van der Waals surface area contributed by atoms with Gasteiger partial charge in [0.15, 0.2) is 0 Å². The van der Waals surface area contributed by atoms with E-state index in [0.717, 1.165) is 10.9 Å². The second-order valence-corrected chi connectivity index (χ2v) is 3.30.